The van der Waals surface area contributed by atoms with Crippen molar-refractivity contribution >= 4 is 22.6 Å². The van der Waals surface area contributed by atoms with Gasteiger partial charge in [-0.25, -0.2) is 14.2 Å². The molecule has 0 fully saturated rings. The Morgan fingerprint density at radius 1 is 1.19 bits per heavy atom. The predicted molar refractivity (Wildman–Crippen MR) is 95.8 cm³/mol. The Morgan fingerprint density at radius 3 is 2.56 bits per heavy atom. The first-order valence-electron chi connectivity index (χ1n) is 8.00. The van der Waals surface area contributed by atoms with E-state index in [1.54, 1.807) is 25.3 Å². The van der Waals surface area contributed by atoms with Crippen molar-refractivity contribution in [3.63, 3.8) is 0 Å². The predicted octanol–water partition coefficient (Wildman–Crippen LogP) is 2.26. The highest BCUT2D eigenvalue weighted by Gasteiger charge is 2.18. The smallest absolute Gasteiger partial charge is 0.339 e. The average Bonchev–Trinajstić information content (AvgIpc) is 2.63. The Labute approximate surface area is 151 Å². The zero-order chi connectivity index (χ0) is 19.3. The summed E-state index contributed by atoms with van der Waals surface area (Å²) in [5, 5.41) is 17.8. The summed E-state index contributed by atoms with van der Waals surface area (Å²) in [5.41, 5.74) is 0.460. The topological polar surface area (TPSA) is 100 Å². The normalized spacial score (nSPS) is 11.2. The van der Waals surface area contributed by atoms with Crippen LogP contribution in [0.1, 0.15) is 15.9 Å². The molecule has 0 radical (unpaired) electrons. The van der Waals surface area contributed by atoms with Crippen LogP contribution in [0.25, 0.3) is 22.4 Å². The summed E-state index contributed by atoms with van der Waals surface area (Å²) in [4.78, 5) is 29.1. The van der Waals surface area contributed by atoms with Crippen molar-refractivity contribution in [1.82, 2.24) is 14.0 Å². The van der Waals surface area contributed by atoms with Crippen molar-refractivity contribution in [3.8, 4) is 5.69 Å². The number of fused-ring (bicyclic) bond motifs is 2. The number of benzene rings is 1. The minimum atomic E-state index is -1.34. The van der Waals surface area contributed by atoms with Crippen LogP contribution in [0.2, 0.25) is 0 Å². The molecule has 0 aliphatic carbocycles. The van der Waals surface area contributed by atoms with Gasteiger partial charge in [-0.2, -0.15) is 0 Å². The Hall–Kier alpha value is -3.81. The van der Waals surface area contributed by atoms with Crippen LogP contribution >= 0.6 is 0 Å². The minimum Gasteiger partial charge on any atom is -0.478 e. The lowest BCUT2D eigenvalue weighted by Crippen LogP contribution is -2.29. The molecular weight excluding hydrogens is 351 g/mol. The van der Waals surface area contributed by atoms with Gasteiger partial charge in [0.2, 0.25) is 0 Å². The Balaban J connectivity index is 2.28. The SMILES string of the molecule is Cc1cccn2c(=O)c3cc(C(=O)O)c(=N)n(-c4ccc(F)cc4)c3nc12. The molecule has 0 spiro atoms. The molecule has 4 aromatic rings. The van der Waals surface area contributed by atoms with Gasteiger partial charge in [-0.1, -0.05) is 6.07 Å². The number of aromatic nitrogens is 3. The van der Waals surface area contributed by atoms with Crippen molar-refractivity contribution in [2.24, 2.45) is 0 Å². The maximum Gasteiger partial charge on any atom is 0.339 e. The van der Waals surface area contributed by atoms with Crippen LogP contribution in [0.5, 0.6) is 0 Å². The van der Waals surface area contributed by atoms with Gasteiger partial charge in [0.15, 0.2) is 5.65 Å². The van der Waals surface area contributed by atoms with Crippen LogP contribution in [0.3, 0.4) is 0 Å². The van der Waals surface area contributed by atoms with Gasteiger partial charge in [-0.05, 0) is 48.9 Å². The number of nitrogens with zero attached hydrogens (tertiary/aromatic N) is 3. The zero-order valence-corrected chi connectivity index (χ0v) is 14.1. The van der Waals surface area contributed by atoms with E-state index in [0.29, 0.717) is 11.3 Å². The van der Waals surface area contributed by atoms with E-state index < -0.39 is 17.3 Å². The van der Waals surface area contributed by atoms with Gasteiger partial charge in [0, 0.05) is 11.9 Å². The third-order valence-corrected chi connectivity index (χ3v) is 4.36. The molecule has 4 rings (SSSR count). The molecular formula is C19H13FN4O3. The van der Waals surface area contributed by atoms with Gasteiger partial charge in [-0.3, -0.25) is 19.2 Å². The second-order valence-corrected chi connectivity index (χ2v) is 6.06. The quantitative estimate of drug-likeness (QED) is 0.533. The first-order chi connectivity index (χ1) is 12.9. The number of carbonyl (C=O) groups is 1. The highest BCUT2D eigenvalue weighted by molar-refractivity contribution is 5.92. The lowest BCUT2D eigenvalue weighted by molar-refractivity contribution is 0.0694. The summed E-state index contributed by atoms with van der Waals surface area (Å²) in [6, 6.07) is 9.84. The summed E-state index contributed by atoms with van der Waals surface area (Å²) < 4.78 is 15.9. The van der Waals surface area contributed by atoms with E-state index in [0.717, 1.165) is 11.6 Å². The first kappa shape index (κ1) is 16.6. The van der Waals surface area contributed by atoms with Crippen LogP contribution < -0.4 is 11.0 Å². The van der Waals surface area contributed by atoms with Gasteiger partial charge in [0.25, 0.3) is 5.56 Å². The molecule has 0 aliphatic rings. The molecule has 0 saturated heterocycles. The molecule has 2 N–H and O–H groups in total. The Bertz CT molecular complexity index is 1350. The van der Waals surface area contributed by atoms with E-state index in [4.69, 9.17) is 5.41 Å². The third-order valence-electron chi connectivity index (χ3n) is 4.36. The zero-order valence-electron chi connectivity index (χ0n) is 14.1. The highest BCUT2D eigenvalue weighted by atomic mass is 19.1. The maximum absolute atomic E-state index is 13.3. The van der Waals surface area contributed by atoms with Crippen molar-refractivity contribution in [1.29, 1.82) is 5.41 Å². The maximum atomic E-state index is 13.3. The van der Waals surface area contributed by atoms with E-state index >= 15 is 0 Å². The molecule has 27 heavy (non-hydrogen) atoms. The molecule has 3 aromatic heterocycles. The standard InChI is InChI=1S/C19H13FN4O3/c1-10-3-2-8-23-16(10)22-17-14(18(23)25)9-13(19(26)27)15(21)24(17)12-6-4-11(20)5-7-12/h2-9,21H,1H3,(H,26,27). The van der Waals surface area contributed by atoms with E-state index in [2.05, 4.69) is 4.98 Å². The van der Waals surface area contributed by atoms with Crippen LogP contribution in [0.4, 0.5) is 4.39 Å². The number of nitrogens with one attached hydrogen (secondary N) is 1. The summed E-state index contributed by atoms with van der Waals surface area (Å²) in [7, 11) is 0. The number of pyridine rings is 2. The molecule has 0 amide bonds. The van der Waals surface area contributed by atoms with E-state index in [1.165, 1.54) is 33.2 Å². The molecule has 0 bridgehead atoms. The second kappa shape index (κ2) is 5.87. The van der Waals surface area contributed by atoms with Gasteiger partial charge in [0.1, 0.15) is 22.5 Å². The van der Waals surface area contributed by atoms with Crippen molar-refractivity contribution in [2.45, 2.75) is 6.92 Å². The minimum absolute atomic E-state index is 0.0517. The summed E-state index contributed by atoms with van der Waals surface area (Å²) in [6.07, 6.45) is 1.55. The van der Waals surface area contributed by atoms with Crippen LogP contribution in [-0.4, -0.2) is 25.0 Å². The molecule has 0 saturated carbocycles. The fourth-order valence-corrected chi connectivity index (χ4v) is 3.04. The second-order valence-electron chi connectivity index (χ2n) is 6.06. The van der Waals surface area contributed by atoms with Crippen molar-refractivity contribution in [3.05, 3.63) is 81.4 Å². The van der Waals surface area contributed by atoms with E-state index in [1.807, 2.05) is 0 Å². The highest BCUT2D eigenvalue weighted by Crippen LogP contribution is 2.17. The molecule has 0 aliphatic heterocycles. The van der Waals surface area contributed by atoms with Crippen molar-refractivity contribution < 1.29 is 14.3 Å². The lowest BCUT2D eigenvalue weighted by Gasteiger charge is -2.14. The molecule has 134 valence electrons. The van der Waals surface area contributed by atoms with Gasteiger partial charge < -0.3 is 5.11 Å². The molecule has 0 unspecified atom stereocenters. The molecule has 3 heterocycles. The number of carboxylic acid groups (broad SMARTS) is 1. The van der Waals surface area contributed by atoms with Gasteiger partial charge in [0.05, 0.1) is 5.39 Å². The first-order valence-corrected chi connectivity index (χ1v) is 8.00. The number of carboxylic acids is 1. The Kier molecular flexibility index (Phi) is 3.62. The molecule has 8 heteroatoms. The number of aromatic carboxylic acids is 1. The van der Waals surface area contributed by atoms with E-state index in [-0.39, 0.29) is 22.1 Å². The monoisotopic (exact) mass is 364 g/mol. The number of rotatable bonds is 2. The van der Waals surface area contributed by atoms with Gasteiger partial charge in [-0.15, -0.1) is 0 Å². The number of aryl methyl sites for hydroxylation is 1. The van der Waals surface area contributed by atoms with Crippen LogP contribution in [0.15, 0.2) is 53.5 Å². The lowest BCUT2D eigenvalue weighted by atomic mass is 10.2. The third kappa shape index (κ3) is 2.50. The number of halogens is 1. The summed E-state index contributed by atoms with van der Waals surface area (Å²) >= 11 is 0. The van der Waals surface area contributed by atoms with Crippen LogP contribution in [0, 0.1) is 18.2 Å². The fraction of sp³-hybridized carbons (Fsp3) is 0.0526. The molecule has 1 aromatic carbocycles. The van der Waals surface area contributed by atoms with Gasteiger partial charge >= 0.3 is 5.97 Å². The van der Waals surface area contributed by atoms with Crippen molar-refractivity contribution in [2.75, 3.05) is 0 Å². The number of hydrogen-bond acceptors (Lipinski definition) is 4. The summed E-state index contributed by atoms with van der Waals surface area (Å²) in [6.45, 7) is 1.79. The Morgan fingerprint density at radius 2 is 1.89 bits per heavy atom. The molecule has 0 atom stereocenters. The average molecular weight is 364 g/mol. The van der Waals surface area contributed by atoms with Crippen LogP contribution in [-0.2, 0) is 0 Å². The largest absolute Gasteiger partial charge is 0.478 e. The number of hydrogen-bond donors (Lipinski definition) is 2. The van der Waals surface area contributed by atoms with E-state index in [9.17, 15) is 19.1 Å². The summed E-state index contributed by atoms with van der Waals surface area (Å²) in [5.74, 6) is -1.81. The molecule has 7 nitrogen and oxygen atoms in total. The fourth-order valence-electron chi connectivity index (χ4n) is 3.04.